The second-order valence-electron chi connectivity index (χ2n) is 5.87. The van der Waals surface area contributed by atoms with Crippen molar-refractivity contribution in [3.05, 3.63) is 71.3 Å². The van der Waals surface area contributed by atoms with Crippen LogP contribution in [-0.4, -0.2) is 19.1 Å². The molecular weight excluding hydrogens is 314 g/mol. The van der Waals surface area contributed by atoms with E-state index in [2.05, 4.69) is 18.0 Å². The fourth-order valence-electron chi connectivity index (χ4n) is 2.57. The van der Waals surface area contributed by atoms with Gasteiger partial charge in [0.2, 0.25) is 0 Å². The Labute approximate surface area is 149 Å². The van der Waals surface area contributed by atoms with Crippen molar-refractivity contribution in [2.75, 3.05) is 13.2 Å². The lowest BCUT2D eigenvalue weighted by atomic mass is 10.1. The van der Waals surface area contributed by atoms with E-state index in [0.29, 0.717) is 25.3 Å². The lowest BCUT2D eigenvalue weighted by Crippen LogP contribution is -2.23. The summed E-state index contributed by atoms with van der Waals surface area (Å²) in [5, 5.41) is 2.78. The van der Waals surface area contributed by atoms with Crippen molar-refractivity contribution in [1.82, 2.24) is 5.32 Å². The topological polar surface area (TPSA) is 47.6 Å². The molecule has 0 saturated carbocycles. The van der Waals surface area contributed by atoms with Gasteiger partial charge in [0.15, 0.2) is 0 Å². The molecule has 0 aliphatic heterocycles. The maximum Gasteiger partial charge on any atom is 0.251 e. The van der Waals surface area contributed by atoms with Crippen LogP contribution in [-0.2, 0) is 6.61 Å². The molecule has 0 unspecified atom stereocenters. The van der Waals surface area contributed by atoms with E-state index >= 15 is 0 Å². The average molecular weight is 339 g/mol. The molecule has 0 atom stereocenters. The van der Waals surface area contributed by atoms with E-state index in [-0.39, 0.29) is 5.91 Å². The van der Waals surface area contributed by atoms with Gasteiger partial charge in [0.25, 0.3) is 5.91 Å². The third kappa shape index (κ3) is 5.38. The molecule has 25 heavy (non-hydrogen) atoms. The van der Waals surface area contributed by atoms with Crippen LogP contribution in [0.4, 0.5) is 0 Å². The van der Waals surface area contributed by atoms with Crippen molar-refractivity contribution in [3.8, 4) is 11.5 Å². The quantitative estimate of drug-likeness (QED) is 0.733. The predicted molar refractivity (Wildman–Crippen MR) is 100 cm³/mol. The van der Waals surface area contributed by atoms with Crippen LogP contribution in [0.2, 0.25) is 0 Å². The first-order valence-electron chi connectivity index (χ1n) is 8.39. The van der Waals surface area contributed by atoms with E-state index in [4.69, 9.17) is 9.47 Å². The lowest BCUT2D eigenvalue weighted by Gasteiger charge is -2.14. The van der Waals surface area contributed by atoms with Crippen molar-refractivity contribution in [3.63, 3.8) is 0 Å². The smallest absolute Gasteiger partial charge is 0.251 e. The number of hydrogen-bond donors (Lipinski definition) is 1. The van der Waals surface area contributed by atoms with Crippen LogP contribution in [0.15, 0.2) is 49.1 Å². The molecule has 0 aliphatic carbocycles. The predicted octanol–water partition coefficient (Wildman–Crippen LogP) is 4.20. The SMILES string of the molecule is C=CCNC(=O)c1ccc(OCC)c(COc2cc(C)cc(C)c2)c1. The van der Waals surface area contributed by atoms with Crippen LogP contribution in [0.25, 0.3) is 0 Å². The highest BCUT2D eigenvalue weighted by Crippen LogP contribution is 2.24. The van der Waals surface area contributed by atoms with Gasteiger partial charge < -0.3 is 14.8 Å². The van der Waals surface area contributed by atoms with Crippen molar-refractivity contribution in [2.24, 2.45) is 0 Å². The molecule has 1 N–H and O–H groups in total. The summed E-state index contributed by atoms with van der Waals surface area (Å²) in [4.78, 5) is 12.1. The van der Waals surface area contributed by atoms with Gasteiger partial charge in [-0.15, -0.1) is 6.58 Å². The molecule has 0 fully saturated rings. The third-order valence-corrected chi connectivity index (χ3v) is 3.62. The molecular formula is C21H25NO3. The summed E-state index contributed by atoms with van der Waals surface area (Å²) in [5.41, 5.74) is 3.71. The zero-order valence-electron chi connectivity index (χ0n) is 15.1. The number of aryl methyl sites for hydroxylation is 2. The Morgan fingerprint density at radius 2 is 1.84 bits per heavy atom. The normalized spacial score (nSPS) is 10.2. The highest BCUT2D eigenvalue weighted by Gasteiger charge is 2.11. The first-order valence-corrected chi connectivity index (χ1v) is 8.39. The number of carbonyl (C=O) groups excluding carboxylic acids is 1. The van der Waals surface area contributed by atoms with Crippen LogP contribution in [0, 0.1) is 13.8 Å². The molecule has 4 nitrogen and oxygen atoms in total. The van der Waals surface area contributed by atoms with Crippen LogP contribution in [0.1, 0.15) is 34.0 Å². The lowest BCUT2D eigenvalue weighted by molar-refractivity contribution is 0.0958. The summed E-state index contributed by atoms with van der Waals surface area (Å²) in [6, 6.07) is 11.5. The summed E-state index contributed by atoms with van der Waals surface area (Å²) < 4.78 is 11.6. The van der Waals surface area contributed by atoms with Crippen molar-refractivity contribution >= 4 is 5.91 Å². The molecule has 0 saturated heterocycles. The van der Waals surface area contributed by atoms with Gasteiger partial charge in [-0.1, -0.05) is 12.1 Å². The van der Waals surface area contributed by atoms with Gasteiger partial charge >= 0.3 is 0 Å². The van der Waals surface area contributed by atoms with Gasteiger partial charge in [-0.3, -0.25) is 4.79 Å². The van der Waals surface area contributed by atoms with Gasteiger partial charge in [-0.2, -0.15) is 0 Å². The number of rotatable bonds is 8. The Morgan fingerprint density at radius 3 is 2.48 bits per heavy atom. The minimum absolute atomic E-state index is 0.143. The van der Waals surface area contributed by atoms with Gasteiger partial charge in [-0.25, -0.2) is 0 Å². The Bertz CT molecular complexity index is 733. The second-order valence-corrected chi connectivity index (χ2v) is 5.87. The van der Waals surface area contributed by atoms with Gasteiger partial charge in [0.1, 0.15) is 18.1 Å². The number of amides is 1. The maximum absolute atomic E-state index is 12.1. The molecule has 0 aliphatic rings. The number of nitrogens with one attached hydrogen (secondary N) is 1. The first kappa shape index (κ1) is 18.6. The van der Waals surface area contributed by atoms with Crippen LogP contribution >= 0.6 is 0 Å². The Balaban J connectivity index is 2.20. The highest BCUT2D eigenvalue weighted by molar-refractivity contribution is 5.94. The summed E-state index contributed by atoms with van der Waals surface area (Å²) in [6.45, 7) is 10.9. The van der Waals surface area contributed by atoms with Gasteiger partial charge in [0, 0.05) is 17.7 Å². The summed E-state index contributed by atoms with van der Waals surface area (Å²) >= 11 is 0. The van der Waals surface area contributed by atoms with Crippen LogP contribution < -0.4 is 14.8 Å². The van der Waals surface area contributed by atoms with Crippen LogP contribution in [0.5, 0.6) is 11.5 Å². The molecule has 132 valence electrons. The second kappa shape index (κ2) is 8.92. The van der Waals surface area contributed by atoms with Gasteiger partial charge in [0.05, 0.1) is 6.61 Å². The number of carbonyl (C=O) groups is 1. The zero-order valence-corrected chi connectivity index (χ0v) is 15.1. The van der Waals surface area contributed by atoms with E-state index in [1.807, 2.05) is 45.0 Å². The maximum atomic E-state index is 12.1. The standard InChI is InChI=1S/C21H25NO3/c1-5-9-22-21(23)17-7-8-20(24-6-2)18(13-17)14-25-19-11-15(3)10-16(4)12-19/h5,7-8,10-13H,1,6,9,14H2,2-4H3,(H,22,23). The fraction of sp³-hybridized carbons (Fsp3) is 0.286. The molecule has 2 aromatic carbocycles. The minimum Gasteiger partial charge on any atom is -0.493 e. The Kier molecular flexibility index (Phi) is 6.63. The average Bonchev–Trinajstić information content (AvgIpc) is 2.58. The molecule has 0 aromatic heterocycles. The first-order chi connectivity index (χ1) is 12.0. The summed E-state index contributed by atoms with van der Waals surface area (Å²) in [7, 11) is 0. The van der Waals surface area contributed by atoms with Crippen LogP contribution in [0.3, 0.4) is 0 Å². The largest absolute Gasteiger partial charge is 0.493 e. The van der Waals surface area contributed by atoms with E-state index in [9.17, 15) is 4.79 Å². The molecule has 2 rings (SSSR count). The van der Waals surface area contributed by atoms with E-state index in [1.54, 1.807) is 12.1 Å². The number of hydrogen-bond acceptors (Lipinski definition) is 3. The number of benzene rings is 2. The number of ether oxygens (including phenoxy) is 2. The zero-order chi connectivity index (χ0) is 18.2. The highest BCUT2D eigenvalue weighted by atomic mass is 16.5. The minimum atomic E-state index is -0.143. The molecule has 0 radical (unpaired) electrons. The monoisotopic (exact) mass is 339 g/mol. The Hall–Kier alpha value is -2.75. The van der Waals surface area contributed by atoms with Gasteiger partial charge in [-0.05, 0) is 62.2 Å². The Morgan fingerprint density at radius 1 is 1.12 bits per heavy atom. The molecule has 0 heterocycles. The molecule has 0 spiro atoms. The summed E-state index contributed by atoms with van der Waals surface area (Å²) in [5.74, 6) is 1.39. The van der Waals surface area contributed by atoms with E-state index < -0.39 is 0 Å². The van der Waals surface area contributed by atoms with Crippen molar-refractivity contribution in [1.29, 1.82) is 0 Å². The molecule has 4 heteroatoms. The van der Waals surface area contributed by atoms with Crippen molar-refractivity contribution < 1.29 is 14.3 Å². The van der Waals surface area contributed by atoms with Crippen molar-refractivity contribution in [2.45, 2.75) is 27.4 Å². The molecule has 1 amide bonds. The molecule has 0 bridgehead atoms. The van der Waals surface area contributed by atoms with E-state index in [1.165, 1.54) is 0 Å². The molecule has 2 aromatic rings. The third-order valence-electron chi connectivity index (χ3n) is 3.62. The summed E-state index contributed by atoms with van der Waals surface area (Å²) in [6.07, 6.45) is 1.65. The fourth-order valence-corrected chi connectivity index (χ4v) is 2.57. The van der Waals surface area contributed by atoms with E-state index in [0.717, 1.165) is 28.2 Å².